The number of nitrogens with one attached hydrogen (secondary N) is 3. The van der Waals surface area contributed by atoms with Crippen molar-refractivity contribution in [2.75, 3.05) is 6.54 Å². The van der Waals surface area contributed by atoms with Crippen LogP contribution in [0, 0.1) is 34.5 Å². The van der Waals surface area contributed by atoms with Crippen molar-refractivity contribution in [1.82, 2.24) is 20.9 Å². The Morgan fingerprint density at radius 3 is 2.36 bits per heavy atom. The monoisotopic (exact) mass is 561 g/mol. The van der Waals surface area contributed by atoms with Crippen LogP contribution in [0.15, 0.2) is 12.2 Å². The first-order valence-corrected chi connectivity index (χ1v) is 12.7. The van der Waals surface area contributed by atoms with E-state index in [4.69, 9.17) is 0 Å². The lowest BCUT2D eigenvalue weighted by atomic mass is 9.76. The van der Waals surface area contributed by atoms with Crippen LogP contribution in [-0.2, 0) is 19.2 Å². The molecule has 0 radical (unpaired) electrons. The third-order valence-corrected chi connectivity index (χ3v) is 7.98. The highest BCUT2D eigenvalue weighted by Crippen LogP contribution is 2.43. The second-order valence-electron chi connectivity index (χ2n) is 11.3. The van der Waals surface area contributed by atoms with E-state index in [1.807, 2.05) is 6.07 Å². The predicted molar refractivity (Wildman–Crippen MR) is 126 cm³/mol. The van der Waals surface area contributed by atoms with Crippen molar-refractivity contribution in [3.05, 3.63) is 12.2 Å². The van der Waals surface area contributed by atoms with Crippen LogP contribution in [0.25, 0.3) is 0 Å². The molecule has 0 saturated carbocycles. The molecule has 0 spiro atoms. The summed E-state index contributed by atoms with van der Waals surface area (Å²) in [5, 5.41) is 16.1. The molecule has 0 aromatic heterocycles. The van der Waals surface area contributed by atoms with E-state index in [0.717, 1.165) is 24.8 Å². The number of halogens is 5. The summed E-state index contributed by atoms with van der Waals surface area (Å²) in [6.07, 6.45) is -3.90. The maximum atomic E-state index is 15.6. The third kappa shape index (κ3) is 6.01. The minimum atomic E-state index is -5.47. The van der Waals surface area contributed by atoms with Crippen LogP contribution in [-0.4, -0.2) is 71.3 Å². The SMILES string of the molecule is CC(C)[C@H]1CCN2C(=O)[C@@H](NC(=O)C(F)(F)F)C(C)(C)C(F)(F)/C=C/[C@@H]3C[C@@H](C[C@@H](C#N)NC(=O)[C@H]12)C(=O)N3. The van der Waals surface area contributed by atoms with Crippen molar-refractivity contribution < 1.29 is 41.1 Å². The van der Waals surface area contributed by atoms with Crippen LogP contribution < -0.4 is 16.0 Å². The number of allylic oxidation sites excluding steroid dienone is 1. The summed E-state index contributed by atoms with van der Waals surface area (Å²) in [5.41, 5.74) is -2.60. The molecular weight excluding hydrogens is 529 g/mol. The summed E-state index contributed by atoms with van der Waals surface area (Å²) >= 11 is 0. The molecule has 39 heavy (non-hydrogen) atoms. The molecule has 0 unspecified atom stereocenters. The molecule has 3 N–H and O–H groups in total. The lowest BCUT2D eigenvalue weighted by Gasteiger charge is -2.41. The number of hydrogen-bond donors (Lipinski definition) is 3. The highest BCUT2D eigenvalue weighted by Gasteiger charge is 2.57. The molecule has 3 aliphatic heterocycles. The number of carbonyl (C=O) groups excluding carboxylic acids is 4. The van der Waals surface area contributed by atoms with Gasteiger partial charge in [0, 0.05) is 18.5 Å². The van der Waals surface area contributed by atoms with Gasteiger partial charge in [-0.05, 0) is 37.2 Å². The summed E-state index contributed by atoms with van der Waals surface area (Å²) in [7, 11) is 0. The van der Waals surface area contributed by atoms with Crippen LogP contribution in [0.1, 0.15) is 47.0 Å². The van der Waals surface area contributed by atoms with Gasteiger partial charge in [0.15, 0.2) is 0 Å². The molecule has 3 rings (SSSR count). The first kappa shape index (κ1) is 30.3. The molecule has 216 valence electrons. The number of nitriles is 1. The molecule has 3 heterocycles. The first-order chi connectivity index (χ1) is 17.9. The summed E-state index contributed by atoms with van der Waals surface area (Å²) in [6, 6.07) is -3.80. The molecule has 0 aliphatic carbocycles. The van der Waals surface area contributed by atoms with Gasteiger partial charge in [-0.2, -0.15) is 18.4 Å². The van der Waals surface area contributed by atoms with Crippen LogP contribution >= 0.6 is 0 Å². The lowest BCUT2D eigenvalue weighted by Crippen LogP contribution is -2.64. The zero-order valence-electron chi connectivity index (χ0n) is 21.9. The van der Waals surface area contributed by atoms with Crippen LogP contribution in [0.2, 0.25) is 0 Å². The van der Waals surface area contributed by atoms with Gasteiger partial charge in [0.25, 0.3) is 5.92 Å². The Bertz CT molecular complexity index is 1080. The topological polar surface area (TPSA) is 131 Å². The molecule has 0 aromatic carbocycles. The maximum absolute atomic E-state index is 15.6. The van der Waals surface area contributed by atoms with Gasteiger partial charge in [0.1, 0.15) is 18.1 Å². The van der Waals surface area contributed by atoms with Gasteiger partial charge in [-0.25, -0.2) is 8.78 Å². The van der Waals surface area contributed by atoms with Crippen molar-refractivity contribution in [2.24, 2.45) is 23.2 Å². The summed E-state index contributed by atoms with van der Waals surface area (Å²) in [4.78, 5) is 52.5. The van der Waals surface area contributed by atoms with E-state index in [9.17, 15) is 37.6 Å². The molecule has 9 nitrogen and oxygen atoms in total. The third-order valence-electron chi connectivity index (χ3n) is 7.98. The highest BCUT2D eigenvalue weighted by molar-refractivity contribution is 5.94. The molecule has 2 saturated heterocycles. The fraction of sp³-hybridized carbons (Fsp3) is 0.720. The van der Waals surface area contributed by atoms with Gasteiger partial charge < -0.3 is 20.9 Å². The zero-order chi connectivity index (χ0) is 29.5. The number of rotatable bonds is 2. The summed E-state index contributed by atoms with van der Waals surface area (Å²) in [5.74, 6) is -10.6. The predicted octanol–water partition coefficient (Wildman–Crippen LogP) is 2.04. The number of carbonyl (C=O) groups is 4. The Hall–Kier alpha value is -3.24. The largest absolute Gasteiger partial charge is 0.471 e. The Balaban J connectivity index is 2.15. The number of nitrogens with zero attached hydrogens (tertiary/aromatic N) is 2. The Labute approximate surface area is 222 Å². The molecule has 0 aromatic rings. The Kier molecular flexibility index (Phi) is 8.34. The van der Waals surface area contributed by atoms with Gasteiger partial charge >= 0.3 is 12.1 Å². The molecule has 3 aliphatic rings. The Morgan fingerprint density at radius 1 is 1.15 bits per heavy atom. The van der Waals surface area contributed by atoms with Crippen LogP contribution in [0.4, 0.5) is 22.0 Å². The number of alkyl halides is 5. The molecule has 2 fully saturated rings. The molecule has 2 bridgehead atoms. The maximum Gasteiger partial charge on any atom is 0.471 e. The second-order valence-corrected chi connectivity index (χ2v) is 11.3. The fourth-order valence-electron chi connectivity index (χ4n) is 5.46. The minimum Gasteiger partial charge on any atom is -0.350 e. The average Bonchev–Trinajstić information content (AvgIpc) is 3.42. The smallest absolute Gasteiger partial charge is 0.350 e. The quantitative estimate of drug-likeness (QED) is 0.351. The van der Waals surface area contributed by atoms with Gasteiger partial charge in [-0.1, -0.05) is 33.8 Å². The molecule has 4 amide bonds. The van der Waals surface area contributed by atoms with Gasteiger partial charge in [0.2, 0.25) is 17.7 Å². The van der Waals surface area contributed by atoms with E-state index in [1.54, 1.807) is 13.8 Å². The normalized spacial score (nSPS) is 33.8. The van der Waals surface area contributed by atoms with Crippen LogP contribution in [0.5, 0.6) is 0 Å². The number of fused-ring (bicyclic) bond motifs is 3. The van der Waals surface area contributed by atoms with Crippen molar-refractivity contribution in [1.29, 1.82) is 5.26 Å². The fourth-order valence-corrected chi connectivity index (χ4v) is 5.46. The van der Waals surface area contributed by atoms with Gasteiger partial charge in [0.05, 0.1) is 11.5 Å². The second kappa shape index (κ2) is 10.7. The minimum absolute atomic E-state index is 0.0389. The first-order valence-electron chi connectivity index (χ1n) is 12.7. The van der Waals surface area contributed by atoms with E-state index < -0.39 is 77.1 Å². The zero-order valence-corrected chi connectivity index (χ0v) is 21.9. The van der Waals surface area contributed by atoms with E-state index >= 15 is 8.78 Å². The van der Waals surface area contributed by atoms with E-state index in [-0.39, 0.29) is 31.7 Å². The van der Waals surface area contributed by atoms with Crippen molar-refractivity contribution in [3.63, 3.8) is 0 Å². The number of hydrogen-bond acceptors (Lipinski definition) is 5. The van der Waals surface area contributed by atoms with E-state index in [1.165, 1.54) is 5.32 Å². The molecule has 14 heteroatoms. The number of amides is 4. The standard InChI is InChI=1S/C25H32F5N5O4/c1-12(2)16-6-8-35-17(16)20(37)33-15(11-31)10-13-9-14(32-19(13)36)5-7-24(26,27)23(3,4)18(21(35)38)34-22(39)25(28,29)30/h5,7,12-18H,6,8-10H2,1-4H3,(H,32,36)(H,33,37)(H,34,39)/b7-5+/t13-,14+,15-,16+,17-,18+/m0/s1. The van der Waals surface area contributed by atoms with Crippen molar-refractivity contribution >= 4 is 23.6 Å². The molecule has 6 atom stereocenters. The van der Waals surface area contributed by atoms with Gasteiger partial charge in [-0.3, -0.25) is 19.2 Å². The van der Waals surface area contributed by atoms with Crippen molar-refractivity contribution in [3.8, 4) is 6.07 Å². The average molecular weight is 562 g/mol. The van der Waals surface area contributed by atoms with Crippen LogP contribution in [0.3, 0.4) is 0 Å². The molecular formula is C25H32F5N5O4. The lowest BCUT2D eigenvalue weighted by molar-refractivity contribution is -0.179. The van der Waals surface area contributed by atoms with E-state index in [0.29, 0.717) is 6.08 Å². The van der Waals surface area contributed by atoms with Gasteiger partial charge in [-0.15, -0.1) is 0 Å². The summed E-state index contributed by atoms with van der Waals surface area (Å²) < 4.78 is 70.9. The summed E-state index contributed by atoms with van der Waals surface area (Å²) in [6.45, 7) is 5.08. The Morgan fingerprint density at radius 2 is 1.79 bits per heavy atom. The van der Waals surface area contributed by atoms with Crippen molar-refractivity contribution in [2.45, 2.75) is 83.2 Å². The van der Waals surface area contributed by atoms with E-state index in [2.05, 4.69) is 10.6 Å². The highest BCUT2D eigenvalue weighted by atomic mass is 19.4.